The number of hydrogen-bond acceptors (Lipinski definition) is 3. The quantitative estimate of drug-likeness (QED) is 0.806. The molecule has 88 valence electrons. The molecule has 0 aliphatic heterocycles. The molecule has 0 saturated heterocycles. The molecule has 1 aliphatic carbocycles. The van der Waals surface area contributed by atoms with Crippen LogP contribution in [-0.2, 0) is 0 Å². The first-order chi connectivity index (χ1) is 8.33. The van der Waals surface area contributed by atoms with E-state index in [1.54, 1.807) is 7.11 Å². The molecule has 1 aromatic carbocycles. The minimum atomic E-state index is 0.569. The van der Waals surface area contributed by atoms with E-state index in [-0.39, 0.29) is 0 Å². The van der Waals surface area contributed by atoms with Gasteiger partial charge in [-0.3, -0.25) is 0 Å². The molecule has 1 atom stereocenters. The molecule has 1 aromatic rings. The van der Waals surface area contributed by atoms with Gasteiger partial charge in [-0.15, -0.1) is 0 Å². The van der Waals surface area contributed by atoms with Crippen LogP contribution in [0.1, 0.15) is 18.4 Å². The molecule has 17 heavy (non-hydrogen) atoms. The number of rotatable bonds is 4. The van der Waals surface area contributed by atoms with Crippen molar-refractivity contribution in [3.05, 3.63) is 35.9 Å². The average molecular weight is 228 g/mol. The molecule has 0 heterocycles. The molecular weight excluding hydrogens is 212 g/mol. The molecule has 2 rings (SSSR count). The number of ether oxygens (including phenoxy) is 1. The van der Waals surface area contributed by atoms with Gasteiger partial charge in [0.05, 0.1) is 12.7 Å². The minimum Gasteiger partial charge on any atom is -0.495 e. The van der Waals surface area contributed by atoms with Gasteiger partial charge in [0.2, 0.25) is 0 Å². The molecule has 0 fully saturated rings. The molecule has 0 spiro atoms. The van der Waals surface area contributed by atoms with Crippen LogP contribution >= 0.6 is 0 Å². The minimum absolute atomic E-state index is 0.569. The van der Waals surface area contributed by atoms with Gasteiger partial charge in [-0.1, -0.05) is 12.2 Å². The number of benzene rings is 1. The lowest BCUT2D eigenvalue weighted by Gasteiger charge is -2.12. The third-order valence-corrected chi connectivity index (χ3v) is 3.00. The lowest BCUT2D eigenvalue weighted by molar-refractivity contribution is 0.413. The van der Waals surface area contributed by atoms with E-state index < -0.39 is 0 Å². The van der Waals surface area contributed by atoms with Gasteiger partial charge in [0.1, 0.15) is 11.8 Å². The van der Waals surface area contributed by atoms with Gasteiger partial charge < -0.3 is 10.1 Å². The Morgan fingerprint density at radius 2 is 2.41 bits per heavy atom. The highest BCUT2D eigenvalue weighted by atomic mass is 16.5. The maximum absolute atomic E-state index is 8.98. The number of nitrogens with zero attached hydrogens (tertiary/aromatic N) is 1. The second-order valence-electron chi connectivity index (χ2n) is 4.17. The Labute approximate surface area is 102 Å². The molecule has 3 nitrogen and oxygen atoms in total. The fourth-order valence-corrected chi connectivity index (χ4v) is 2.02. The number of anilines is 1. The molecule has 3 heteroatoms. The van der Waals surface area contributed by atoms with Crippen LogP contribution in [0.3, 0.4) is 0 Å². The van der Waals surface area contributed by atoms with Crippen molar-refractivity contribution in [2.75, 3.05) is 19.0 Å². The Kier molecular flexibility index (Phi) is 3.66. The van der Waals surface area contributed by atoms with E-state index in [2.05, 4.69) is 23.5 Å². The van der Waals surface area contributed by atoms with Crippen molar-refractivity contribution in [1.29, 1.82) is 5.26 Å². The highest BCUT2D eigenvalue weighted by molar-refractivity contribution is 5.55. The summed E-state index contributed by atoms with van der Waals surface area (Å²) in [4.78, 5) is 0. The summed E-state index contributed by atoms with van der Waals surface area (Å²) in [6, 6.07) is 7.73. The van der Waals surface area contributed by atoms with E-state index >= 15 is 0 Å². The van der Waals surface area contributed by atoms with Crippen molar-refractivity contribution in [1.82, 2.24) is 0 Å². The summed E-state index contributed by atoms with van der Waals surface area (Å²) in [5.41, 5.74) is 1.54. The van der Waals surface area contributed by atoms with Crippen LogP contribution in [0.2, 0.25) is 0 Å². The second kappa shape index (κ2) is 5.40. The number of allylic oxidation sites excluding steroid dienone is 1. The monoisotopic (exact) mass is 228 g/mol. The summed E-state index contributed by atoms with van der Waals surface area (Å²) in [7, 11) is 1.58. The molecule has 0 aromatic heterocycles. The molecule has 0 saturated carbocycles. The van der Waals surface area contributed by atoms with E-state index in [9.17, 15) is 0 Å². The summed E-state index contributed by atoms with van der Waals surface area (Å²) in [5, 5.41) is 12.3. The Balaban J connectivity index is 2.01. The lowest BCUT2D eigenvalue weighted by Crippen LogP contribution is -2.10. The Hall–Kier alpha value is -1.95. The van der Waals surface area contributed by atoms with E-state index in [0.717, 1.165) is 12.2 Å². The van der Waals surface area contributed by atoms with Crippen LogP contribution in [0, 0.1) is 17.2 Å². The zero-order valence-electron chi connectivity index (χ0n) is 9.94. The number of nitrogens with one attached hydrogen (secondary N) is 1. The average Bonchev–Trinajstić information content (AvgIpc) is 2.89. The van der Waals surface area contributed by atoms with Crippen LogP contribution < -0.4 is 10.1 Å². The molecule has 0 amide bonds. The first kappa shape index (κ1) is 11.5. The van der Waals surface area contributed by atoms with Crippen LogP contribution in [0.4, 0.5) is 5.69 Å². The highest BCUT2D eigenvalue weighted by Gasteiger charge is 2.09. The molecule has 1 unspecified atom stereocenters. The molecule has 0 bridgehead atoms. The Bertz CT molecular complexity index is 460. The van der Waals surface area contributed by atoms with Gasteiger partial charge in [0.25, 0.3) is 0 Å². The molecular formula is C14H16N2O. The second-order valence-corrected chi connectivity index (χ2v) is 4.17. The fraction of sp³-hybridized carbons (Fsp3) is 0.357. The van der Waals surface area contributed by atoms with Crippen molar-refractivity contribution in [3.63, 3.8) is 0 Å². The van der Waals surface area contributed by atoms with Crippen molar-refractivity contribution in [2.24, 2.45) is 5.92 Å². The van der Waals surface area contributed by atoms with Gasteiger partial charge in [0, 0.05) is 12.2 Å². The molecule has 1 N–H and O–H groups in total. The first-order valence-electron chi connectivity index (χ1n) is 5.82. The zero-order valence-corrected chi connectivity index (χ0v) is 9.94. The largest absolute Gasteiger partial charge is 0.495 e. The lowest BCUT2D eigenvalue weighted by atomic mass is 10.1. The molecule has 0 radical (unpaired) electrons. The summed E-state index contributed by atoms with van der Waals surface area (Å²) >= 11 is 0. The smallest absolute Gasteiger partial charge is 0.136 e. The topological polar surface area (TPSA) is 45.0 Å². The Morgan fingerprint density at radius 1 is 1.53 bits per heavy atom. The van der Waals surface area contributed by atoms with Gasteiger partial charge in [-0.2, -0.15) is 5.26 Å². The third kappa shape index (κ3) is 2.79. The normalized spacial score (nSPS) is 17.8. The van der Waals surface area contributed by atoms with Crippen molar-refractivity contribution < 1.29 is 4.74 Å². The maximum atomic E-state index is 8.98. The highest BCUT2D eigenvalue weighted by Crippen LogP contribution is 2.23. The first-order valence-corrected chi connectivity index (χ1v) is 5.82. The van der Waals surface area contributed by atoms with Crippen LogP contribution in [0.5, 0.6) is 5.75 Å². The van der Waals surface area contributed by atoms with E-state index in [0.29, 0.717) is 17.2 Å². The third-order valence-electron chi connectivity index (χ3n) is 3.00. The zero-order chi connectivity index (χ0) is 12.1. The number of nitriles is 1. The van der Waals surface area contributed by atoms with E-state index in [4.69, 9.17) is 10.00 Å². The number of methoxy groups -OCH3 is 1. The van der Waals surface area contributed by atoms with Gasteiger partial charge in [0.15, 0.2) is 0 Å². The van der Waals surface area contributed by atoms with Gasteiger partial charge in [-0.25, -0.2) is 0 Å². The van der Waals surface area contributed by atoms with E-state index in [1.165, 1.54) is 12.8 Å². The van der Waals surface area contributed by atoms with Crippen LogP contribution in [0.15, 0.2) is 30.4 Å². The Morgan fingerprint density at radius 3 is 3.06 bits per heavy atom. The predicted octanol–water partition coefficient (Wildman–Crippen LogP) is 2.94. The molecule has 1 aliphatic rings. The fourth-order valence-electron chi connectivity index (χ4n) is 2.02. The predicted molar refractivity (Wildman–Crippen MR) is 68.1 cm³/mol. The van der Waals surface area contributed by atoms with Crippen LogP contribution in [0.25, 0.3) is 0 Å². The van der Waals surface area contributed by atoms with Crippen LogP contribution in [-0.4, -0.2) is 13.7 Å². The summed E-state index contributed by atoms with van der Waals surface area (Å²) in [6.07, 6.45) is 6.87. The standard InChI is InChI=1S/C14H16N2O/c1-17-14-7-6-13(8-12(14)9-15)16-10-11-4-2-3-5-11/h2,4,6-8,11,16H,3,5,10H2,1H3. The van der Waals surface area contributed by atoms with Crippen molar-refractivity contribution in [3.8, 4) is 11.8 Å². The summed E-state index contributed by atoms with van der Waals surface area (Å²) < 4.78 is 5.11. The van der Waals surface area contributed by atoms with Gasteiger partial charge in [-0.05, 0) is 37.0 Å². The van der Waals surface area contributed by atoms with Crippen molar-refractivity contribution in [2.45, 2.75) is 12.8 Å². The number of hydrogen-bond donors (Lipinski definition) is 1. The SMILES string of the molecule is COc1ccc(NCC2C=CCC2)cc1C#N. The summed E-state index contributed by atoms with van der Waals surface area (Å²) in [5.74, 6) is 1.24. The summed E-state index contributed by atoms with van der Waals surface area (Å²) in [6.45, 7) is 0.924. The van der Waals surface area contributed by atoms with E-state index in [1.807, 2.05) is 18.2 Å². The maximum Gasteiger partial charge on any atom is 0.136 e. The van der Waals surface area contributed by atoms with Crippen molar-refractivity contribution >= 4 is 5.69 Å². The van der Waals surface area contributed by atoms with Gasteiger partial charge >= 0.3 is 0 Å².